The summed E-state index contributed by atoms with van der Waals surface area (Å²) < 4.78 is 8.64. The van der Waals surface area contributed by atoms with Gasteiger partial charge in [-0.3, -0.25) is 4.79 Å². The van der Waals surface area contributed by atoms with Crippen LogP contribution in [0.1, 0.15) is 32.3 Å². The molecular formula is C15H20N2O2S. The molecule has 0 fully saturated rings. The number of carbonyl (C=O) groups is 1. The van der Waals surface area contributed by atoms with Crippen LogP contribution in [-0.2, 0) is 11.3 Å². The minimum Gasteiger partial charge on any atom is -0.495 e. The van der Waals surface area contributed by atoms with Crippen LogP contribution in [0.15, 0.2) is 17.1 Å². The number of hydrogen-bond acceptors (Lipinski definition) is 3. The fourth-order valence-corrected chi connectivity index (χ4v) is 3.40. The maximum Gasteiger partial charge on any atom is 0.248 e. The maximum absolute atomic E-state index is 11.8. The first kappa shape index (κ1) is 14.8. The Balaban J connectivity index is 2.74. The van der Waals surface area contributed by atoms with Crippen LogP contribution >= 0.6 is 11.3 Å². The quantitative estimate of drug-likeness (QED) is 0.868. The van der Waals surface area contributed by atoms with E-state index in [0.717, 1.165) is 33.7 Å². The van der Waals surface area contributed by atoms with Gasteiger partial charge in [-0.25, -0.2) is 0 Å². The summed E-state index contributed by atoms with van der Waals surface area (Å²) in [6.07, 6.45) is 1.32. The molecular weight excluding hydrogens is 272 g/mol. The van der Waals surface area contributed by atoms with Gasteiger partial charge < -0.3 is 9.30 Å². The molecule has 0 aliphatic carbocycles. The van der Waals surface area contributed by atoms with Crippen LogP contribution in [0.25, 0.3) is 10.2 Å². The summed E-state index contributed by atoms with van der Waals surface area (Å²) in [6, 6.07) is 4.00. The molecule has 1 heterocycles. The third-order valence-electron chi connectivity index (χ3n) is 3.21. The van der Waals surface area contributed by atoms with Crippen LogP contribution < -0.4 is 9.54 Å². The van der Waals surface area contributed by atoms with Gasteiger partial charge in [-0.2, -0.15) is 4.99 Å². The molecule has 5 heteroatoms. The van der Waals surface area contributed by atoms with Crippen molar-refractivity contribution in [1.82, 2.24) is 4.57 Å². The molecule has 0 aliphatic rings. The normalized spacial score (nSPS) is 12.1. The zero-order chi connectivity index (χ0) is 14.7. The highest BCUT2D eigenvalue weighted by Crippen LogP contribution is 2.30. The number of hydrogen-bond donors (Lipinski definition) is 0. The van der Waals surface area contributed by atoms with E-state index in [1.165, 1.54) is 5.56 Å². The van der Waals surface area contributed by atoms with Gasteiger partial charge in [0.1, 0.15) is 11.3 Å². The Kier molecular flexibility index (Phi) is 4.60. The molecule has 1 aromatic heterocycles. The third-order valence-corrected chi connectivity index (χ3v) is 4.42. The Morgan fingerprint density at radius 2 is 2.15 bits per heavy atom. The van der Waals surface area contributed by atoms with Crippen molar-refractivity contribution in [3.05, 3.63) is 22.5 Å². The number of thiazole rings is 1. The average molecular weight is 292 g/mol. The van der Waals surface area contributed by atoms with Crippen LogP contribution in [-0.4, -0.2) is 17.6 Å². The van der Waals surface area contributed by atoms with Crippen molar-refractivity contribution in [3.63, 3.8) is 0 Å². The molecule has 0 aliphatic heterocycles. The third kappa shape index (κ3) is 2.63. The Morgan fingerprint density at radius 3 is 2.75 bits per heavy atom. The number of aromatic nitrogens is 1. The molecule has 1 amide bonds. The van der Waals surface area contributed by atoms with E-state index >= 15 is 0 Å². The Hall–Kier alpha value is -1.62. The van der Waals surface area contributed by atoms with Crippen molar-refractivity contribution >= 4 is 27.5 Å². The monoisotopic (exact) mass is 292 g/mol. The fraction of sp³-hybridized carbons (Fsp3) is 0.467. The lowest BCUT2D eigenvalue weighted by molar-refractivity contribution is -0.118. The van der Waals surface area contributed by atoms with Gasteiger partial charge in [0, 0.05) is 13.0 Å². The second-order valence-electron chi connectivity index (χ2n) is 4.65. The molecule has 108 valence electrons. The highest BCUT2D eigenvalue weighted by atomic mass is 32.1. The zero-order valence-corrected chi connectivity index (χ0v) is 13.2. The van der Waals surface area contributed by atoms with Gasteiger partial charge in [-0.1, -0.05) is 24.3 Å². The number of methoxy groups -OCH3 is 1. The topological polar surface area (TPSA) is 43.6 Å². The largest absolute Gasteiger partial charge is 0.495 e. The standard InChI is InChI=1S/C15H20N2O2S/c1-5-7-12(18)16-15-17(6-2)13-11(19-4)9-8-10(3)14(13)20-15/h8-9H,5-7H2,1-4H3. The van der Waals surface area contributed by atoms with Crippen LogP contribution in [0.2, 0.25) is 0 Å². The molecule has 2 aromatic rings. The van der Waals surface area contributed by atoms with Crippen LogP contribution in [0, 0.1) is 6.92 Å². The number of aryl methyl sites for hydroxylation is 2. The molecule has 0 radical (unpaired) electrons. The SMILES string of the molecule is CCCC(=O)N=c1sc2c(C)ccc(OC)c2n1CC. The summed E-state index contributed by atoms with van der Waals surface area (Å²) in [4.78, 5) is 16.8. The molecule has 1 aromatic carbocycles. The van der Waals surface area contributed by atoms with Crippen LogP contribution in [0.5, 0.6) is 5.75 Å². The summed E-state index contributed by atoms with van der Waals surface area (Å²) in [5.41, 5.74) is 2.21. The average Bonchev–Trinajstić information content (AvgIpc) is 2.78. The number of nitrogens with zero attached hydrogens (tertiary/aromatic N) is 2. The van der Waals surface area contributed by atoms with Crippen molar-refractivity contribution in [2.45, 2.75) is 40.2 Å². The van der Waals surface area contributed by atoms with E-state index < -0.39 is 0 Å². The van der Waals surface area contributed by atoms with Crippen molar-refractivity contribution in [3.8, 4) is 5.75 Å². The first-order valence-electron chi connectivity index (χ1n) is 6.86. The summed E-state index contributed by atoms with van der Waals surface area (Å²) in [6.45, 7) is 6.87. The second kappa shape index (κ2) is 6.22. The molecule has 2 rings (SSSR count). The smallest absolute Gasteiger partial charge is 0.248 e. The molecule has 0 atom stereocenters. The van der Waals surface area contributed by atoms with Gasteiger partial charge in [0.25, 0.3) is 0 Å². The minimum atomic E-state index is -0.0575. The number of carbonyl (C=O) groups excluding carboxylic acids is 1. The lowest BCUT2D eigenvalue weighted by Gasteiger charge is -2.07. The van der Waals surface area contributed by atoms with Crippen LogP contribution in [0.4, 0.5) is 0 Å². The van der Waals surface area contributed by atoms with E-state index in [1.54, 1.807) is 18.4 Å². The first-order valence-corrected chi connectivity index (χ1v) is 7.68. The highest BCUT2D eigenvalue weighted by Gasteiger charge is 2.13. The predicted molar refractivity (Wildman–Crippen MR) is 82.3 cm³/mol. The number of rotatable bonds is 4. The minimum absolute atomic E-state index is 0.0575. The second-order valence-corrected chi connectivity index (χ2v) is 5.62. The van der Waals surface area contributed by atoms with Gasteiger partial charge in [0.2, 0.25) is 5.91 Å². The molecule has 0 bridgehead atoms. The van der Waals surface area contributed by atoms with E-state index in [4.69, 9.17) is 4.74 Å². The number of benzene rings is 1. The predicted octanol–water partition coefficient (Wildman–Crippen LogP) is 3.27. The number of amides is 1. The van der Waals surface area contributed by atoms with Crippen molar-refractivity contribution in [1.29, 1.82) is 0 Å². The van der Waals surface area contributed by atoms with Crippen molar-refractivity contribution in [2.75, 3.05) is 7.11 Å². The zero-order valence-electron chi connectivity index (χ0n) is 12.4. The molecule has 0 spiro atoms. The van der Waals surface area contributed by atoms with Gasteiger partial charge in [-0.15, -0.1) is 0 Å². The summed E-state index contributed by atoms with van der Waals surface area (Å²) in [7, 11) is 1.67. The molecule has 0 N–H and O–H groups in total. The van der Waals surface area contributed by atoms with Crippen LogP contribution in [0.3, 0.4) is 0 Å². The lowest BCUT2D eigenvalue weighted by atomic mass is 10.2. The number of fused-ring (bicyclic) bond motifs is 1. The Morgan fingerprint density at radius 1 is 1.40 bits per heavy atom. The molecule has 0 unspecified atom stereocenters. The summed E-state index contributed by atoms with van der Waals surface area (Å²) >= 11 is 1.55. The summed E-state index contributed by atoms with van der Waals surface area (Å²) in [5.74, 6) is 0.769. The van der Waals surface area contributed by atoms with E-state index in [2.05, 4.69) is 23.4 Å². The first-order chi connectivity index (χ1) is 9.62. The fourth-order valence-electron chi connectivity index (χ4n) is 2.20. The van der Waals surface area contributed by atoms with Gasteiger partial charge >= 0.3 is 0 Å². The molecule has 0 saturated carbocycles. The van der Waals surface area contributed by atoms with Gasteiger partial charge in [-0.05, 0) is 31.9 Å². The lowest BCUT2D eigenvalue weighted by Crippen LogP contribution is -2.16. The van der Waals surface area contributed by atoms with Crippen molar-refractivity contribution < 1.29 is 9.53 Å². The van der Waals surface area contributed by atoms with E-state index in [-0.39, 0.29) is 5.91 Å². The maximum atomic E-state index is 11.8. The number of ether oxygens (including phenoxy) is 1. The highest BCUT2D eigenvalue weighted by molar-refractivity contribution is 7.16. The molecule has 0 saturated heterocycles. The van der Waals surface area contributed by atoms with Gasteiger partial charge in [0.05, 0.1) is 11.8 Å². The van der Waals surface area contributed by atoms with E-state index in [1.807, 2.05) is 19.1 Å². The molecule has 20 heavy (non-hydrogen) atoms. The molecule has 4 nitrogen and oxygen atoms in total. The van der Waals surface area contributed by atoms with E-state index in [9.17, 15) is 4.79 Å². The van der Waals surface area contributed by atoms with Gasteiger partial charge in [0.15, 0.2) is 4.80 Å². The van der Waals surface area contributed by atoms with E-state index in [0.29, 0.717) is 6.42 Å². The van der Waals surface area contributed by atoms with Crippen molar-refractivity contribution in [2.24, 2.45) is 4.99 Å². The Bertz CT molecular complexity index is 698. The Labute approximate surface area is 122 Å². The summed E-state index contributed by atoms with van der Waals surface area (Å²) in [5, 5.41) is 0.